The Kier molecular flexibility index (Phi) is 9.40. The lowest BCUT2D eigenvalue weighted by Crippen LogP contribution is -2.43. The van der Waals surface area contributed by atoms with E-state index in [0.29, 0.717) is 0 Å². The number of ether oxygens (including phenoxy) is 3. The van der Waals surface area contributed by atoms with E-state index in [0.717, 1.165) is 11.5 Å². The monoisotopic (exact) mass is 544 g/mol. The Morgan fingerprint density at radius 3 is 2.70 bits per heavy atom. The summed E-state index contributed by atoms with van der Waals surface area (Å²) in [7, 11) is -2.87. The number of aromatic nitrogens is 2. The number of benzene rings is 1. The zero-order chi connectivity index (χ0) is 27.2. The van der Waals surface area contributed by atoms with Crippen LogP contribution in [0, 0.1) is 0 Å². The molecule has 204 valence electrons. The van der Waals surface area contributed by atoms with Crippen LogP contribution in [0.5, 0.6) is 5.75 Å². The second-order valence-corrected chi connectivity index (χ2v) is 10.1. The van der Waals surface area contributed by atoms with Gasteiger partial charge in [-0.2, -0.15) is 10.1 Å². The molecule has 2 aromatic rings. The van der Waals surface area contributed by atoms with Crippen molar-refractivity contribution in [2.75, 3.05) is 32.7 Å². The second-order valence-electron chi connectivity index (χ2n) is 8.37. The smallest absolute Gasteiger partial charge is 0.459 e. The van der Waals surface area contributed by atoms with Gasteiger partial charge in [0, 0.05) is 13.3 Å². The van der Waals surface area contributed by atoms with E-state index in [4.69, 9.17) is 29.0 Å². The minimum absolute atomic E-state index is 0.0238. The highest BCUT2D eigenvalue weighted by Crippen LogP contribution is 2.47. The quantitative estimate of drug-likeness (QED) is 0.198. The number of methoxy groups -OCH3 is 1. The van der Waals surface area contributed by atoms with E-state index in [1.165, 1.54) is 38.4 Å². The van der Waals surface area contributed by atoms with Crippen LogP contribution in [0.25, 0.3) is 0 Å². The van der Waals surface area contributed by atoms with Crippen LogP contribution in [-0.4, -0.2) is 71.5 Å². The molecule has 1 aromatic heterocycles. The van der Waals surface area contributed by atoms with Crippen LogP contribution in [0.2, 0.25) is 0 Å². The van der Waals surface area contributed by atoms with Crippen molar-refractivity contribution >= 4 is 19.5 Å². The Hall–Kier alpha value is -2.87. The van der Waals surface area contributed by atoms with Crippen LogP contribution >= 0.6 is 7.75 Å². The number of hydrogen-bond acceptors (Lipinski definition) is 11. The van der Waals surface area contributed by atoms with Crippen LogP contribution in [0.1, 0.15) is 20.1 Å². The molecular formula is C22H30FN4O9P. The normalized spacial score (nSPS) is 25.8. The fourth-order valence-electron chi connectivity index (χ4n) is 3.48. The summed E-state index contributed by atoms with van der Waals surface area (Å²) in [5, 5.41) is 13.1. The van der Waals surface area contributed by atoms with Gasteiger partial charge in [0.25, 0.3) is 0 Å². The van der Waals surface area contributed by atoms with Gasteiger partial charge in [0.05, 0.1) is 13.2 Å². The Balaban J connectivity index is 1.76. The maximum absolute atomic E-state index is 15.5. The van der Waals surface area contributed by atoms with E-state index < -0.39 is 56.2 Å². The van der Waals surface area contributed by atoms with Crippen LogP contribution in [-0.2, 0) is 28.1 Å². The number of para-hydroxylation sites is 1. The number of nitrogens with two attached hydrogens (primary N) is 1. The number of nitrogens with zero attached hydrogens (tertiary/aromatic N) is 2. The fraction of sp³-hybridized carbons (Fsp3) is 0.500. The third-order valence-corrected chi connectivity index (χ3v) is 7.08. The summed E-state index contributed by atoms with van der Waals surface area (Å²) >= 11 is 0. The van der Waals surface area contributed by atoms with Crippen molar-refractivity contribution in [2.24, 2.45) is 0 Å². The molecule has 6 atom stereocenters. The molecule has 0 aliphatic carbocycles. The molecule has 1 saturated heterocycles. The van der Waals surface area contributed by atoms with E-state index >= 15 is 4.39 Å². The molecule has 0 spiro atoms. The first-order chi connectivity index (χ1) is 17.5. The van der Waals surface area contributed by atoms with Gasteiger partial charge in [-0.1, -0.05) is 18.2 Å². The molecule has 15 heteroatoms. The van der Waals surface area contributed by atoms with Crippen LogP contribution in [0.3, 0.4) is 0 Å². The molecule has 0 radical (unpaired) electrons. The number of halogens is 1. The highest BCUT2D eigenvalue weighted by molar-refractivity contribution is 7.52. The molecule has 0 amide bonds. The summed E-state index contributed by atoms with van der Waals surface area (Å²) < 4.78 is 56.3. The van der Waals surface area contributed by atoms with E-state index in [1.807, 2.05) is 0 Å². The summed E-state index contributed by atoms with van der Waals surface area (Å²) in [6.45, 7) is 1.94. The summed E-state index contributed by atoms with van der Waals surface area (Å²) in [6, 6.07) is 8.12. The number of rotatable bonds is 12. The fourth-order valence-corrected chi connectivity index (χ4v) is 4.98. The molecule has 2 heterocycles. The topological polar surface area (TPSA) is 173 Å². The SMILES string of the molecule is COCCOC(=O)[C@H](C)N[P@](=O)(OC[C@H]1O[C@@H](n2ccc(N)nc2=O)[C@](C)(F)[C@@H]1O)Oc1ccccc1. The number of anilines is 1. The van der Waals surface area contributed by atoms with Gasteiger partial charge in [-0.25, -0.2) is 13.8 Å². The Morgan fingerprint density at radius 1 is 1.35 bits per heavy atom. The number of carbonyl (C=O) groups is 1. The van der Waals surface area contributed by atoms with Gasteiger partial charge in [0.2, 0.25) is 0 Å². The molecule has 37 heavy (non-hydrogen) atoms. The molecule has 0 bridgehead atoms. The lowest BCUT2D eigenvalue weighted by atomic mass is 9.98. The molecule has 0 saturated carbocycles. The number of nitrogens with one attached hydrogen (secondary N) is 1. The summed E-state index contributed by atoms with van der Waals surface area (Å²) in [4.78, 5) is 28.0. The van der Waals surface area contributed by atoms with Crippen molar-refractivity contribution in [2.45, 2.75) is 44.0 Å². The highest BCUT2D eigenvalue weighted by atomic mass is 31.2. The number of aliphatic hydroxyl groups is 1. The zero-order valence-electron chi connectivity index (χ0n) is 20.5. The Labute approximate surface area is 212 Å². The molecule has 1 fully saturated rings. The largest absolute Gasteiger partial charge is 0.462 e. The number of carbonyl (C=O) groups excluding carboxylic acids is 1. The van der Waals surface area contributed by atoms with Crippen molar-refractivity contribution in [1.29, 1.82) is 0 Å². The number of nitrogen functional groups attached to an aromatic ring is 1. The van der Waals surface area contributed by atoms with Gasteiger partial charge in [-0.05, 0) is 32.0 Å². The predicted molar refractivity (Wildman–Crippen MR) is 128 cm³/mol. The zero-order valence-corrected chi connectivity index (χ0v) is 21.4. The molecule has 1 aromatic carbocycles. The maximum Gasteiger partial charge on any atom is 0.459 e. The van der Waals surface area contributed by atoms with Crippen LogP contribution < -0.4 is 21.0 Å². The minimum Gasteiger partial charge on any atom is -0.462 e. The molecule has 13 nitrogen and oxygen atoms in total. The van der Waals surface area contributed by atoms with Gasteiger partial charge in [-0.3, -0.25) is 13.9 Å². The van der Waals surface area contributed by atoms with E-state index in [9.17, 15) is 19.3 Å². The third-order valence-electron chi connectivity index (χ3n) is 5.44. The van der Waals surface area contributed by atoms with Gasteiger partial charge in [-0.15, -0.1) is 0 Å². The van der Waals surface area contributed by atoms with Crippen molar-refractivity contribution in [3.63, 3.8) is 0 Å². The Bertz CT molecular complexity index is 1170. The first kappa shape index (κ1) is 28.7. The first-order valence-corrected chi connectivity index (χ1v) is 12.8. The molecule has 0 unspecified atom stereocenters. The standard InChI is InChI=1S/C22H30FN4O9P/c1-14(19(29)33-12-11-32-3)26-37(31,36-15-7-5-4-6-8-15)34-13-16-18(28)22(2,23)20(35-16)27-10-9-17(24)25-21(27)30/h4-10,14,16,18,20,28H,11-13H2,1-3H3,(H,26,31)(H2,24,25,30)/t14-,16+,18+,20+,22+,37-/m0/s1. The predicted octanol–water partition coefficient (Wildman–Crippen LogP) is 1.18. The first-order valence-electron chi connectivity index (χ1n) is 11.3. The van der Waals surface area contributed by atoms with Gasteiger partial charge < -0.3 is 29.6 Å². The summed E-state index contributed by atoms with van der Waals surface area (Å²) in [5.74, 6) is -0.666. The van der Waals surface area contributed by atoms with Crippen molar-refractivity contribution < 1.29 is 42.1 Å². The highest BCUT2D eigenvalue weighted by Gasteiger charge is 2.56. The summed E-state index contributed by atoms with van der Waals surface area (Å²) in [6.07, 6.45) is -3.55. The minimum atomic E-state index is -4.31. The molecule has 4 N–H and O–H groups in total. The number of hydrogen-bond donors (Lipinski definition) is 3. The lowest BCUT2D eigenvalue weighted by molar-refractivity contribution is -0.146. The van der Waals surface area contributed by atoms with E-state index in [1.54, 1.807) is 18.2 Å². The number of alkyl halides is 1. The Morgan fingerprint density at radius 2 is 2.05 bits per heavy atom. The summed E-state index contributed by atoms with van der Waals surface area (Å²) in [5.41, 5.74) is 2.14. The number of aliphatic hydroxyl groups excluding tert-OH is 1. The average Bonchev–Trinajstić information content (AvgIpc) is 3.07. The van der Waals surface area contributed by atoms with Crippen LogP contribution in [0.4, 0.5) is 10.2 Å². The maximum atomic E-state index is 15.5. The van der Waals surface area contributed by atoms with Gasteiger partial charge in [0.1, 0.15) is 36.4 Å². The van der Waals surface area contributed by atoms with E-state index in [2.05, 4.69) is 10.1 Å². The van der Waals surface area contributed by atoms with Crippen molar-refractivity contribution in [3.05, 3.63) is 53.1 Å². The number of esters is 1. The van der Waals surface area contributed by atoms with Crippen LogP contribution in [0.15, 0.2) is 47.4 Å². The van der Waals surface area contributed by atoms with E-state index in [-0.39, 0.29) is 24.8 Å². The molecule has 1 aliphatic heterocycles. The molecular weight excluding hydrogens is 514 g/mol. The molecule has 1 aliphatic rings. The lowest BCUT2D eigenvalue weighted by Gasteiger charge is -2.25. The van der Waals surface area contributed by atoms with Gasteiger partial charge >= 0.3 is 19.4 Å². The van der Waals surface area contributed by atoms with Crippen molar-refractivity contribution in [1.82, 2.24) is 14.6 Å². The van der Waals surface area contributed by atoms with Gasteiger partial charge in [0.15, 0.2) is 11.9 Å². The third kappa shape index (κ3) is 7.12. The molecule has 3 rings (SSSR count). The second kappa shape index (κ2) is 12.1. The average molecular weight is 544 g/mol. The van der Waals surface area contributed by atoms with Crippen molar-refractivity contribution in [3.8, 4) is 5.75 Å².